The molecular formula is C15H19IO4. The van der Waals surface area contributed by atoms with E-state index in [1.165, 1.54) is 54.0 Å². The Balaban J connectivity index is 2.62. The van der Waals surface area contributed by atoms with E-state index in [9.17, 15) is 14.7 Å². The highest BCUT2D eigenvalue weighted by molar-refractivity contribution is 14.1. The third-order valence-corrected chi connectivity index (χ3v) is 3.52. The third kappa shape index (κ3) is 5.11. The number of phenols is 1. The number of hydrogen-bond donors (Lipinski definition) is 1. The van der Waals surface area contributed by atoms with Crippen LogP contribution in [0, 0.1) is 0 Å². The van der Waals surface area contributed by atoms with Crippen molar-refractivity contribution in [2.45, 2.75) is 45.4 Å². The van der Waals surface area contributed by atoms with E-state index >= 15 is 0 Å². The second kappa shape index (κ2) is 8.94. The summed E-state index contributed by atoms with van der Waals surface area (Å²) in [5, 5.41) is 9.58. The molecule has 0 bridgehead atoms. The second-order valence-electron chi connectivity index (χ2n) is 4.68. The molecule has 20 heavy (non-hydrogen) atoms. The van der Waals surface area contributed by atoms with E-state index in [4.69, 9.17) is 0 Å². The number of halogens is 1. The summed E-state index contributed by atoms with van der Waals surface area (Å²) >= 11 is 1.45. The van der Waals surface area contributed by atoms with Gasteiger partial charge < -0.3 is 8.17 Å². The minimum Gasteiger partial charge on any atom is -0.507 e. The van der Waals surface area contributed by atoms with Crippen molar-refractivity contribution in [1.82, 2.24) is 0 Å². The molecule has 0 heterocycles. The molecule has 0 fully saturated rings. The third-order valence-electron chi connectivity index (χ3n) is 3.12. The minimum atomic E-state index is -0.652. The topological polar surface area (TPSA) is 63.6 Å². The Hall–Kier alpha value is -1.11. The van der Waals surface area contributed by atoms with Gasteiger partial charge in [0.1, 0.15) is 11.3 Å². The number of carbonyl (C=O) groups excluding carboxylic acids is 2. The van der Waals surface area contributed by atoms with Gasteiger partial charge in [-0.25, -0.2) is 4.79 Å². The number of carbonyl (C=O) groups is 2. The lowest BCUT2D eigenvalue weighted by Gasteiger charge is -2.05. The van der Waals surface area contributed by atoms with Crippen LogP contribution in [-0.2, 0) is 3.07 Å². The van der Waals surface area contributed by atoms with Crippen LogP contribution >= 0.6 is 23.0 Å². The summed E-state index contributed by atoms with van der Waals surface area (Å²) in [6.45, 7) is 2.15. The van der Waals surface area contributed by atoms with Crippen LogP contribution in [0.1, 0.15) is 66.2 Å². The number of hydrogen-bond acceptors (Lipinski definition) is 4. The Morgan fingerprint density at radius 3 is 2.55 bits per heavy atom. The minimum absolute atomic E-state index is 0.0102. The second-order valence-corrected chi connectivity index (χ2v) is 5.12. The molecule has 0 saturated carbocycles. The van der Waals surface area contributed by atoms with Crippen molar-refractivity contribution in [3.05, 3.63) is 29.3 Å². The molecule has 0 amide bonds. The summed E-state index contributed by atoms with van der Waals surface area (Å²) in [7, 11) is 0. The molecule has 110 valence electrons. The van der Waals surface area contributed by atoms with Gasteiger partial charge in [0, 0.05) is 12.0 Å². The smallest absolute Gasteiger partial charge is 0.351 e. The quantitative estimate of drug-likeness (QED) is 0.405. The molecule has 0 atom stereocenters. The molecule has 0 unspecified atom stereocenters. The fourth-order valence-corrected chi connectivity index (χ4v) is 2.19. The van der Waals surface area contributed by atoms with Crippen LogP contribution in [-0.4, -0.2) is 16.9 Å². The molecule has 0 spiro atoms. The summed E-state index contributed by atoms with van der Waals surface area (Å²) < 4.78 is 4.54. The van der Waals surface area contributed by atoms with Crippen LogP contribution in [0.15, 0.2) is 18.2 Å². The number of rotatable bonds is 8. The molecule has 0 aliphatic heterocycles. The van der Waals surface area contributed by atoms with Gasteiger partial charge >= 0.3 is 5.97 Å². The highest BCUT2D eigenvalue weighted by atomic mass is 127. The van der Waals surface area contributed by atoms with Crippen molar-refractivity contribution in [3.8, 4) is 5.75 Å². The van der Waals surface area contributed by atoms with Crippen LogP contribution in [0.25, 0.3) is 0 Å². The van der Waals surface area contributed by atoms with E-state index in [0.717, 1.165) is 19.3 Å². The van der Waals surface area contributed by atoms with Crippen molar-refractivity contribution < 1.29 is 17.8 Å². The Kier molecular flexibility index (Phi) is 7.58. The van der Waals surface area contributed by atoms with Gasteiger partial charge in [0.25, 0.3) is 0 Å². The van der Waals surface area contributed by atoms with Gasteiger partial charge in [-0.15, -0.1) is 0 Å². The van der Waals surface area contributed by atoms with E-state index in [2.05, 4.69) is 9.99 Å². The van der Waals surface area contributed by atoms with Gasteiger partial charge in [0.15, 0.2) is 28.8 Å². The van der Waals surface area contributed by atoms with Gasteiger partial charge in [0.05, 0.1) is 0 Å². The van der Waals surface area contributed by atoms with Gasteiger partial charge in [-0.3, -0.25) is 4.79 Å². The van der Waals surface area contributed by atoms with Crippen LogP contribution in [0.4, 0.5) is 0 Å². The number of aromatic hydroxyl groups is 1. The fraction of sp³-hybridized carbons (Fsp3) is 0.467. The summed E-state index contributed by atoms with van der Waals surface area (Å²) in [6, 6.07) is 4.28. The van der Waals surface area contributed by atoms with Gasteiger partial charge in [-0.05, 0) is 24.6 Å². The molecule has 5 heteroatoms. The van der Waals surface area contributed by atoms with Gasteiger partial charge in [-0.2, -0.15) is 0 Å². The maximum atomic E-state index is 12.0. The highest BCUT2D eigenvalue weighted by Gasteiger charge is 2.15. The molecule has 1 N–H and O–H groups in total. The molecule has 1 rings (SSSR count). The number of Topliss-reactive ketones (excluding diaryl/α,β-unsaturated/α-hetero) is 1. The van der Waals surface area contributed by atoms with Crippen molar-refractivity contribution >= 4 is 34.8 Å². The lowest BCUT2D eigenvalue weighted by atomic mass is 10.0. The zero-order chi connectivity index (χ0) is 15.0. The standard InChI is InChI=1S/C15H19IO4/c1-2-3-4-5-6-7-13(17)11-8-9-14(18)12(10-11)15(19)20-16/h8-10,18H,2-7H2,1H3. The molecule has 1 aromatic rings. The summed E-state index contributed by atoms with van der Waals surface area (Å²) in [4.78, 5) is 23.5. The number of unbranched alkanes of at least 4 members (excludes halogenated alkanes) is 4. The zero-order valence-electron chi connectivity index (χ0n) is 11.5. The van der Waals surface area contributed by atoms with Crippen LogP contribution in [0.2, 0.25) is 0 Å². The average Bonchev–Trinajstić information content (AvgIpc) is 2.46. The maximum Gasteiger partial charge on any atom is 0.351 e. The molecule has 1 aromatic carbocycles. The Bertz CT molecular complexity index is 471. The molecule has 0 radical (unpaired) electrons. The first kappa shape index (κ1) is 16.9. The molecular weight excluding hydrogens is 371 g/mol. The first-order chi connectivity index (χ1) is 9.60. The van der Waals surface area contributed by atoms with E-state index in [-0.39, 0.29) is 17.1 Å². The number of ketones is 1. The molecule has 4 nitrogen and oxygen atoms in total. The fourth-order valence-electron chi connectivity index (χ4n) is 1.95. The van der Waals surface area contributed by atoms with Crippen LogP contribution < -0.4 is 0 Å². The van der Waals surface area contributed by atoms with Crippen molar-refractivity contribution in [1.29, 1.82) is 0 Å². The number of benzene rings is 1. The molecule has 0 saturated heterocycles. The monoisotopic (exact) mass is 390 g/mol. The van der Waals surface area contributed by atoms with Gasteiger partial charge in [-0.1, -0.05) is 32.6 Å². The number of phenolic OH excluding ortho intramolecular Hbond substituents is 1. The Labute approximate surface area is 133 Å². The lowest BCUT2D eigenvalue weighted by Crippen LogP contribution is -2.04. The predicted octanol–water partition coefficient (Wildman–Crippen LogP) is 4.44. The van der Waals surface area contributed by atoms with E-state index in [1.807, 2.05) is 0 Å². The molecule has 0 aromatic heterocycles. The maximum absolute atomic E-state index is 12.0. The first-order valence-corrected chi connectivity index (χ1v) is 7.67. The lowest BCUT2D eigenvalue weighted by molar-refractivity contribution is 0.0797. The Morgan fingerprint density at radius 1 is 1.20 bits per heavy atom. The zero-order valence-corrected chi connectivity index (χ0v) is 13.7. The average molecular weight is 390 g/mol. The van der Waals surface area contributed by atoms with E-state index in [1.54, 1.807) is 0 Å². The van der Waals surface area contributed by atoms with Gasteiger partial charge in [0.2, 0.25) is 0 Å². The van der Waals surface area contributed by atoms with E-state index < -0.39 is 5.97 Å². The van der Waals surface area contributed by atoms with Crippen molar-refractivity contribution in [2.75, 3.05) is 0 Å². The molecule has 0 aliphatic rings. The summed E-state index contributed by atoms with van der Waals surface area (Å²) in [5.41, 5.74) is 0.464. The predicted molar refractivity (Wildman–Crippen MR) is 85.2 cm³/mol. The van der Waals surface area contributed by atoms with Crippen LogP contribution in [0.3, 0.4) is 0 Å². The van der Waals surface area contributed by atoms with Crippen LogP contribution in [0.5, 0.6) is 5.75 Å². The van der Waals surface area contributed by atoms with Crippen molar-refractivity contribution in [2.24, 2.45) is 0 Å². The SMILES string of the molecule is CCCCCCCC(=O)c1ccc(O)c(C(=O)OI)c1. The summed E-state index contributed by atoms with van der Waals surface area (Å²) in [6.07, 6.45) is 5.87. The molecule has 0 aliphatic carbocycles. The first-order valence-electron chi connectivity index (χ1n) is 6.79. The van der Waals surface area contributed by atoms with Crippen molar-refractivity contribution in [3.63, 3.8) is 0 Å². The largest absolute Gasteiger partial charge is 0.507 e. The normalized spacial score (nSPS) is 10.3. The highest BCUT2D eigenvalue weighted by Crippen LogP contribution is 2.21. The summed E-state index contributed by atoms with van der Waals surface area (Å²) in [5.74, 6) is -0.837. The Morgan fingerprint density at radius 2 is 1.90 bits per heavy atom. The van der Waals surface area contributed by atoms with E-state index in [0.29, 0.717) is 12.0 Å².